The van der Waals surface area contributed by atoms with Crippen LogP contribution in [0.2, 0.25) is 0 Å². The van der Waals surface area contributed by atoms with Gasteiger partial charge in [0.2, 0.25) is 11.8 Å². The van der Waals surface area contributed by atoms with Crippen LogP contribution in [-0.4, -0.2) is 16.3 Å². The van der Waals surface area contributed by atoms with Crippen molar-refractivity contribution in [3.05, 3.63) is 71.6 Å². The van der Waals surface area contributed by atoms with Gasteiger partial charge in [-0.15, -0.1) is 10.2 Å². The maximum atomic E-state index is 11.7. The molecule has 0 aliphatic heterocycles. The Morgan fingerprint density at radius 3 is 2.58 bits per heavy atom. The second-order valence-corrected chi connectivity index (χ2v) is 5.28. The van der Waals surface area contributed by atoms with Crippen molar-refractivity contribution in [3.63, 3.8) is 0 Å². The van der Waals surface area contributed by atoms with Gasteiger partial charge < -0.3 is 14.5 Å². The monoisotopic (exact) mass is 323 g/mol. The number of carbonyl (C=O) groups is 1. The standard InChI is InChI=1S/C18H17N3O3/c1-13-7-9-15(10-8-13)17-21-20-16(24-17)11-19-18(22)23-12-14-5-3-2-4-6-14/h2-10H,11-12H2,1H3,(H,19,22). The van der Waals surface area contributed by atoms with Crippen molar-refractivity contribution < 1.29 is 13.9 Å². The van der Waals surface area contributed by atoms with Crippen LogP contribution in [0.25, 0.3) is 11.5 Å². The fourth-order valence-electron chi connectivity index (χ4n) is 2.06. The number of amides is 1. The average molecular weight is 323 g/mol. The minimum absolute atomic E-state index is 0.118. The Labute approximate surface area is 139 Å². The summed E-state index contributed by atoms with van der Waals surface area (Å²) in [5.41, 5.74) is 2.92. The number of benzene rings is 2. The molecule has 0 fully saturated rings. The second kappa shape index (κ2) is 7.41. The van der Waals surface area contributed by atoms with Gasteiger partial charge in [0.05, 0.1) is 6.54 Å². The predicted octanol–water partition coefficient (Wildman–Crippen LogP) is 3.47. The Balaban J connectivity index is 1.50. The highest BCUT2D eigenvalue weighted by atomic mass is 16.5. The fraction of sp³-hybridized carbons (Fsp3) is 0.167. The molecule has 122 valence electrons. The van der Waals surface area contributed by atoms with Gasteiger partial charge >= 0.3 is 6.09 Å². The van der Waals surface area contributed by atoms with E-state index in [0.717, 1.165) is 16.7 Å². The van der Waals surface area contributed by atoms with Crippen LogP contribution >= 0.6 is 0 Å². The molecule has 0 atom stereocenters. The van der Waals surface area contributed by atoms with Gasteiger partial charge in [-0.2, -0.15) is 0 Å². The maximum Gasteiger partial charge on any atom is 0.407 e. The van der Waals surface area contributed by atoms with Crippen LogP contribution in [0.5, 0.6) is 0 Å². The first kappa shape index (κ1) is 15.7. The molecule has 1 aromatic heterocycles. The molecule has 0 saturated carbocycles. The summed E-state index contributed by atoms with van der Waals surface area (Å²) in [4.78, 5) is 11.7. The molecule has 3 aromatic rings. The van der Waals surface area contributed by atoms with E-state index in [1.165, 1.54) is 0 Å². The average Bonchev–Trinajstić information content (AvgIpc) is 3.09. The van der Waals surface area contributed by atoms with Crippen LogP contribution in [0, 0.1) is 6.92 Å². The van der Waals surface area contributed by atoms with Crippen LogP contribution in [0.15, 0.2) is 59.0 Å². The van der Waals surface area contributed by atoms with E-state index in [0.29, 0.717) is 11.8 Å². The summed E-state index contributed by atoms with van der Waals surface area (Å²) in [6, 6.07) is 17.2. The zero-order valence-electron chi connectivity index (χ0n) is 13.2. The van der Waals surface area contributed by atoms with E-state index in [-0.39, 0.29) is 13.2 Å². The molecule has 1 amide bonds. The highest BCUT2D eigenvalue weighted by Gasteiger charge is 2.10. The maximum absolute atomic E-state index is 11.7. The summed E-state index contributed by atoms with van der Waals surface area (Å²) in [5.74, 6) is 0.742. The normalized spacial score (nSPS) is 10.4. The Kier molecular flexibility index (Phi) is 4.86. The number of aromatic nitrogens is 2. The number of nitrogens with one attached hydrogen (secondary N) is 1. The topological polar surface area (TPSA) is 77.2 Å². The Morgan fingerprint density at radius 1 is 1.08 bits per heavy atom. The summed E-state index contributed by atoms with van der Waals surface area (Å²) in [7, 11) is 0. The largest absolute Gasteiger partial charge is 0.445 e. The summed E-state index contributed by atoms with van der Waals surface area (Å²) in [5, 5.41) is 10.5. The molecular weight excluding hydrogens is 306 g/mol. The van der Waals surface area contributed by atoms with Crippen LogP contribution < -0.4 is 5.32 Å². The molecule has 0 spiro atoms. The number of alkyl carbamates (subject to hydrolysis) is 1. The number of nitrogens with zero attached hydrogens (tertiary/aromatic N) is 2. The van der Waals surface area contributed by atoms with Crippen LogP contribution in [-0.2, 0) is 17.9 Å². The van der Waals surface area contributed by atoms with Gasteiger partial charge in [-0.05, 0) is 24.6 Å². The summed E-state index contributed by atoms with van der Waals surface area (Å²) < 4.78 is 10.6. The van der Waals surface area contributed by atoms with E-state index in [1.54, 1.807) is 0 Å². The van der Waals surface area contributed by atoms with Gasteiger partial charge in [0.25, 0.3) is 0 Å². The van der Waals surface area contributed by atoms with E-state index < -0.39 is 6.09 Å². The molecule has 6 heteroatoms. The summed E-state index contributed by atoms with van der Waals surface area (Å²) in [6.07, 6.45) is -0.533. The number of hydrogen-bond donors (Lipinski definition) is 1. The van der Waals surface area contributed by atoms with E-state index in [2.05, 4.69) is 15.5 Å². The molecule has 6 nitrogen and oxygen atoms in total. The van der Waals surface area contributed by atoms with Crippen molar-refractivity contribution in [3.8, 4) is 11.5 Å². The van der Waals surface area contributed by atoms with Gasteiger partial charge in [-0.25, -0.2) is 4.79 Å². The van der Waals surface area contributed by atoms with Crippen molar-refractivity contribution in [2.45, 2.75) is 20.1 Å². The molecule has 0 radical (unpaired) electrons. The van der Waals surface area contributed by atoms with Crippen LogP contribution in [0.3, 0.4) is 0 Å². The first-order valence-corrected chi connectivity index (χ1v) is 7.55. The van der Waals surface area contributed by atoms with Crippen molar-refractivity contribution >= 4 is 6.09 Å². The summed E-state index contributed by atoms with van der Waals surface area (Å²) >= 11 is 0. The SMILES string of the molecule is Cc1ccc(-c2nnc(CNC(=O)OCc3ccccc3)o2)cc1. The lowest BCUT2D eigenvalue weighted by Crippen LogP contribution is -2.23. The lowest BCUT2D eigenvalue weighted by atomic mass is 10.1. The van der Waals surface area contributed by atoms with Crippen LogP contribution in [0.4, 0.5) is 4.79 Å². The smallest absolute Gasteiger partial charge is 0.407 e. The van der Waals surface area contributed by atoms with Gasteiger partial charge in [0.1, 0.15) is 6.61 Å². The minimum Gasteiger partial charge on any atom is -0.445 e. The third-order valence-electron chi connectivity index (χ3n) is 3.36. The van der Waals surface area contributed by atoms with Gasteiger partial charge in [-0.3, -0.25) is 0 Å². The molecule has 1 heterocycles. The number of rotatable bonds is 5. The predicted molar refractivity (Wildman–Crippen MR) is 87.9 cm³/mol. The molecule has 24 heavy (non-hydrogen) atoms. The molecule has 1 N–H and O–H groups in total. The highest BCUT2D eigenvalue weighted by molar-refractivity contribution is 5.67. The van der Waals surface area contributed by atoms with Gasteiger partial charge in [0.15, 0.2) is 0 Å². The second-order valence-electron chi connectivity index (χ2n) is 5.28. The first-order valence-electron chi connectivity index (χ1n) is 7.55. The Bertz CT molecular complexity index is 798. The van der Waals surface area contributed by atoms with Crippen molar-refractivity contribution in [2.75, 3.05) is 0 Å². The summed E-state index contributed by atoms with van der Waals surface area (Å²) in [6.45, 7) is 2.34. The fourth-order valence-corrected chi connectivity index (χ4v) is 2.06. The van der Waals surface area contributed by atoms with Crippen molar-refractivity contribution in [1.82, 2.24) is 15.5 Å². The molecule has 0 aliphatic carbocycles. The number of carbonyl (C=O) groups excluding carboxylic acids is 1. The van der Waals surface area contributed by atoms with Crippen LogP contribution in [0.1, 0.15) is 17.0 Å². The zero-order valence-corrected chi connectivity index (χ0v) is 13.2. The third-order valence-corrected chi connectivity index (χ3v) is 3.36. The van der Waals surface area contributed by atoms with E-state index >= 15 is 0 Å². The Morgan fingerprint density at radius 2 is 1.83 bits per heavy atom. The molecular formula is C18H17N3O3. The highest BCUT2D eigenvalue weighted by Crippen LogP contribution is 2.18. The van der Waals surface area contributed by atoms with Crippen molar-refractivity contribution in [2.24, 2.45) is 0 Å². The minimum atomic E-state index is -0.533. The quantitative estimate of drug-likeness (QED) is 0.778. The molecule has 0 unspecified atom stereocenters. The number of hydrogen-bond acceptors (Lipinski definition) is 5. The van der Waals surface area contributed by atoms with Gasteiger partial charge in [-0.1, -0.05) is 48.0 Å². The molecule has 0 bridgehead atoms. The number of aryl methyl sites for hydroxylation is 1. The third kappa shape index (κ3) is 4.19. The van der Waals surface area contributed by atoms with E-state index in [1.807, 2.05) is 61.5 Å². The Hall–Kier alpha value is -3.15. The lowest BCUT2D eigenvalue weighted by molar-refractivity contribution is 0.138. The van der Waals surface area contributed by atoms with Crippen molar-refractivity contribution in [1.29, 1.82) is 0 Å². The molecule has 0 saturated heterocycles. The van der Waals surface area contributed by atoms with E-state index in [4.69, 9.17) is 9.15 Å². The van der Waals surface area contributed by atoms with Gasteiger partial charge in [0, 0.05) is 5.56 Å². The number of ether oxygens (including phenoxy) is 1. The molecule has 0 aliphatic rings. The first-order chi connectivity index (χ1) is 11.7. The lowest BCUT2D eigenvalue weighted by Gasteiger charge is -2.05. The zero-order chi connectivity index (χ0) is 16.8. The molecule has 2 aromatic carbocycles. The van der Waals surface area contributed by atoms with E-state index in [9.17, 15) is 4.79 Å². The molecule has 3 rings (SSSR count).